The molecule has 20 heavy (non-hydrogen) atoms. The van der Waals surface area contributed by atoms with Gasteiger partial charge in [0.2, 0.25) is 0 Å². The monoisotopic (exact) mass is 273 g/mol. The van der Waals surface area contributed by atoms with Gasteiger partial charge in [0.25, 0.3) is 0 Å². The summed E-state index contributed by atoms with van der Waals surface area (Å²) in [6, 6.07) is 10.9. The standard InChI is InChI=1S/C17H27N3/c1-2-20(15-11-7-4-8-12-15)13-16(17(18)19)14-9-5-3-6-10-14/h3,5-6,9-10,15-16H,2,4,7-8,11-13H2,1H3,(H3,18,19). The van der Waals surface area contributed by atoms with Crippen LogP contribution in [0.4, 0.5) is 0 Å². The van der Waals surface area contributed by atoms with Crippen molar-refractivity contribution in [2.75, 3.05) is 13.1 Å². The van der Waals surface area contributed by atoms with Crippen LogP contribution in [0.3, 0.4) is 0 Å². The second-order valence-corrected chi connectivity index (χ2v) is 5.80. The average Bonchev–Trinajstić information content (AvgIpc) is 2.50. The fraction of sp³-hybridized carbons (Fsp3) is 0.588. The summed E-state index contributed by atoms with van der Waals surface area (Å²) in [6.07, 6.45) is 6.66. The lowest BCUT2D eigenvalue weighted by molar-refractivity contribution is 0.162. The van der Waals surface area contributed by atoms with E-state index in [0.717, 1.165) is 18.7 Å². The van der Waals surface area contributed by atoms with Gasteiger partial charge in [0.05, 0.1) is 11.8 Å². The first-order chi connectivity index (χ1) is 9.72. The number of benzene rings is 1. The number of nitrogens with zero attached hydrogens (tertiary/aromatic N) is 1. The SMILES string of the molecule is CCN(CC(C(=N)N)c1ccccc1)C1CCCCC1. The van der Waals surface area contributed by atoms with E-state index in [1.807, 2.05) is 18.2 Å². The summed E-state index contributed by atoms with van der Waals surface area (Å²) >= 11 is 0. The van der Waals surface area contributed by atoms with Gasteiger partial charge < -0.3 is 5.73 Å². The Balaban J connectivity index is 2.08. The molecule has 0 heterocycles. The zero-order valence-electron chi connectivity index (χ0n) is 12.5. The molecule has 110 valence electrons. The van der Waals surface area contributed by atoms with E-state index in [9.17, 15) is 0 Å². The van der Waals surface area contributed by atoms with Crippen LogP contribution in [0.1, 0.15) is 50.5 Å². The molecule has 2 rings (SSSR count). The van der Waals surface area contributed by atoms with E-state index in [1.165, 1.54) is 32.1 Å². The number of nitrogens with two attached hydrogens (primary N) is 1. The minimum atomic E-state index is 0.0260. The topological polar surface area (TPSA) is 53.1 Å². The smallest absolute Gasteiger partial charge is 0.0995 e. The van der Waals surface area contributed by atoms with Gasteiger partial charge in [0.15, 0.2) is 0 Å². The molecule has 0 saturated heterocycles. The first kappa shape index (κ1) is 15.0. The van der Waals surface area contributed by atoms with E-state index in [1.54, 1.807) is 0 Å². The number of likely N-dealkylation sites (N-methyl/N-ethyl adjacent to an activating group) is 1. The highest BCUT2D eigenvalue weighted by Crippen LogP contribution is 2.25. The molecule has 0 aromatic heterocycles. The fourth-order valence-electron chi connectivity index (χ4n) is 3.29. The lowest BCUT2D eigenvalue weighted by Crippen LogP contribution is -2.41. The van der Waals surface area contributed by atoms with Gasteiger partial charge >= 0.3 is 0 Å². The Hall–Kier alpha value is -1.35. The summed E-state index contributed by atoms with van der Waals surface area (Å²) in [5, 5.41) is 7.92. The predicted octanol–water partition coefficient (Wildman–Crippen LogP) is 3.36. The minimum Gasteiger partial charge on any atom is -0.387 e. The van der Waals surface area contributed by atoms with Crippen molar-refractivity contribution in [2.45, 2.75) is 51.0 Å². The maximum absolute atomic E-state index is 7.92. The van der Waals surface area contributed by atoms with Crippen LogP contribution in [0, 0.1) is 5.41 Å². The Labute approximate surface area is 122 Å². The normalized spacial score (nSPS) is 18.1. The molecule has 1 aliphatic carbocycles. The highest BCUT2D eigenvalue weighted by molar-refractivity contribution is 5.84. The first-order valence-electron chi connectivity index (χ1n) is 7.85. The van der Waals surface area contributed by atoms with Gasteiger partial charge in [-0.05, 0) is 24.9 Å². The van der Waals surface area contributed by atoms with Crippen LogP contribution in [-0.2, 0) is 0 Å². The Morgan fingerprint density at radius 3 is 2.45 bits per heavy atom. The number of rotatable bonds is 6. The first-order valence-corrected chi connectivity index (χ1v) is 7.85. The van der Waals surface area contributed by atoms with E-state index in [4.69, 9.17) is 11.1 Å². The van der Waals surface area contributed by atoms with Gasteiger partial charge in [-0.1, -0.05) is 56.5 Å². The lowest BCUT2D eigenvalue weighted by Gasteiger charge is -2.35. The summed E-state index contributed by atoms with van der Waals surface area (Å²) in [7, 11) is 0. The van der Waals surface area contributed by atoms with Crippen LogP contribution >= 0.6 is 0 Å². The van der Waals surface area contributed by atoms with E-state index in [2.05, 4.69) is 24.0 Å². The van der Waals surface area contributed by atoms with Crippen molar-refractivity contribution in [3.63, 3.8) is 0 Å². The number of nitrogens with one attached hydrogen (secondary N) is 1. The summed E-state index contributed by atoms with van der Waals surface area (Å²) in [4.78, 5) is 2.53. The molecule has 0 bridgehead atoms. The van der Waals surface area contributed by atoms with Gasteiger partial charge in [-0.3, -0.25) is 10.3 Å². The molecule has 1 saturated carbocycles. The molecular formula is C17H27N3. The Morgan fingerprint density at radius 2 is 1.90 bits per heavy atom. The van der Waals surface area contributed by atoms with Crippen LogP contribution in [0.5, 0.6) is 0 Å². The maximum Gasteiger partial charge on any atom is 0.0995 e. The molecule has 0 aliphatic heterocycles. The van der Waals surface area contributed by atoms with Crippen molar-refractivity contribution in [2.24, 2.45) is 5.73 Å². The third kappa shape index (κ3) is 3.83. The number of hydrogen-bond donors (Lipinski definition) is 2. The van der Waals surface area contributed by atoms with E-state index in [0.29, 0.717) is 6.04 Å². The number of hydrogen-bond acceptors (Lipinski definition) is 2. The van der Waals surface area contributed by atoms with Gasteiger partial charge in [-0.15, -0.1) is 0 Å². The molecule has 1 fully saturated rings. The summed E-state index contributed by atoms with van der Waals surface area (Å²) in [6.45, 7) is 4.14. The van der Waals surface area contributed by atoms with Crippen molar-refractivity contribution in [1.82, 2.24) is 4.90 Å². The van der Waals surface area contributed by atoms with Crippen LogP contribution in [0.25, 0.3) is 0 Å². The van der Waals surface area contributed by atoms with Gasteiger partial charge in [0, 0.05) is 12.6 Å². The third-order valence-corrected chi connectivity index (χ3v) is 4.49. The highest BCUT2D eigenvalue weighted by Gasteiger charge is 2.24. The molecule has 1 unspecified atom stereocenters. The van der Waals surface area contributed by atoms with Crippen molar-refractivity contribution in [3.8, 4) is 0 Å². The molecule has 1 aromatic carbocycles. The van der Waals surface area contributed by atoms with Crippen LogP contribution in [-0.4, -0.2) is 29.9 Å². The fourth-order valence-corrected chi connectivity index (χ4v) is 3.29. The van der Waals surface area contributed by atoms with Gasteiger partial charge in [-0.2, -0.15) is 0 Å². The highest BCUT2D eigenvalue weighted by atomic mass is 15.2. The van der Waals surface area contributed by atoms with Crippen molar-refractivity contribution >= 4 is 5.84 Å². The zero-order chi connectivity index (χ0) is 14.4. The van der Waals surface area contributed by atoms with Crippen molar-refractivity contribution in [1.29, 1.82) is 5.41 Å². The zero-order valence-corrected chi connectivity index (χ0v) is 12.5. The molecule has 3 heteroatoms. The number of amidine groups is 1. The van der Waals surface area contributed by atoms with Crippen LogP contribution < -0.4 is 5.73 Å². The quantitative estimate of drug-likeness (QED) is 0.617. The molecule has 1 aliphatic rings. The Kier molecular flexibility index (Phi) is 5.60. The second kappa shape index (κ2) is 7.44. The second-order valence-electron chi connectivity index (χ2n) is 5.80. The largest absolute Gasteiger partial charge is 0.387 e. The average molecular weight is 273 g/mol. The Morgan fingerprint density at radius 1 is 1.25 bits per heavy atom. The predicted molar refractivity (Wildman–Crippen MR) is 85.2 cm³/mol. The summed E-state index contributed by atoms with van der Waals surface area (Å²) in [5.74, 6) is 0.309. The minimum absolute atomic E-state index is 0.0260. The molecule has 3 N–H and O–H groups in total. The van der Waals surface area contributed by atoms with Crippen molar-refractivity contribution < 1.29 is 0 Å². The van der Waals surface area contributed by atoms with Crippen LogP contribution in [0.15, 0.2) is 30.3 Å². The van der Waals surface area contributed by atoms with Crippen LogP contribution in [0.2, 0.25) is 0 Å². The molecule has 0 radical (unpaired) electrons. The lowest BCUT2D eigenvalue weighted by atomic mass is 9.91. The van der Waals surface area contributed by atoms with Gasteiger partial charge in [-0.25, -0.2) is 0 Å². The summed E-state index contributed by atoms with van der Waals surface area (Å²) < 4.78 is 0. The molecule has 1 aromatic rings. The van der Waals surface area contributed by atoms with E-state index in [-0.39, 0.29) is 11.8 Å². The molecular weight excluding hydrogens is 246 g/mol. The van der Waals surface area contributed by atoms with E-state index < -0.39 is 0 Å². The molecule has 0 spiro atoms. The molecule has 3 nitrogen and oxygen atoms in total. The molecule has 0 amide bonds. The van der Waals surface area contributed by atoms with Gasteiger partial charge in [0.1, 0.15) is 0 Å². The maximum atomic E-state index is 7.92. The van der Waals surface area contributed by atoms with Crippen molar-refractivity contribution in [3.05, 3.63) is 35.9 Å². The van der Waals surface area contributed by atoms with E-state index >= 15 is 0 Å². The molecule has 1 atom stereocenters. The Bertz CT molecular complexity index is 410. The third-order valence-electron chi connectivity index (χ3n) is 4.49. The summed E-state index contributed by atoms with van der Waals surface area (Å²) in [5.41, 5.74) is 7.02.